The Morgan fingerprint density at radius 3 is 2.47 bits per heavy atom. The summed E-state index contributed by atoms with van der Waals surface area (Å²) in [5.41, 5.74) is 2.97. The Morgan fingerprint density at radius 2 is 1.79 bits per heavy atom. The van der Waals surface area contributed by atoms with Crippen LogP contribution in [0.5, 0.6) is 5.75 Å². The van der Waals surface area contributed by atoms with Gasteiger partial charge in [-0.25, -0.2) is 0 Å². The summed E-state index contributed by atoms with van der Waals surface area (Å²) in [6.07, 6.45) is 3.19. The number of hydrogen-bond donors (Lipinski definition) is 1. The van der Waals surface area contributed by atoms with Crippen molar-refractivity contribution in [1.82, 2.24) is 9.88 Å². The van der Waals surface area contributed by atoms with Crippen molar-refractivity contribution in [3.63, 3.8) is 0 Å². The number of carbonyl (C=O) groups excluding carboxylic acids is 2. The van der Waals surface area contributed by atoms with Gasteiger partial charge in [-0.1, -0.05) is 30.3 Å². The van der Waals surface area contributed by atoms with Crippen LogP contribution < -0.4 is 4.74 Å². The number of aliphatic hydroxyl groups is 1. The molecule has 174 valence electrons. The average molecular weight is 459 g/mol. The Hall–Kier alpha value is -3.97. The third kappa shape index (κ3) is 4.70. The van der Waals surface area contributed by atoms with E-state index in [1.54, 1.807) is 42.7 Å². The summed E-state index contributed by atoms with van der Waals surface area (Å²) in [6, 6.07) is 17.8. The second-order valence-corrected chi connectivity index (χ2v) is 8.02. The number of ether oxygens (including phenoxy) is 2. The fourth-order valence-electron chi connectivity index (χ4n) is 4.07. The number of likely N-dealkylation sites (tertiary alicyclic amines) is 1. The summed E-state index contributed by atoms with van der Waals surface area (Å²) >= 11 is 0. The second kappa shape index (κ2) is 10.3. The van der Waals surface area contributed by atoms with E-state index in [1.165, 1.54) is 12.0 Å². The summed E-state index contributed by atoms with van der Waals surface area (Å²) in [6.45, 7) is 2.72. The molecule has 1 aliphatic rings. The lowest BCUT2D eigenvalue weighted by Gasteiger charge is -2.25. The van der Waals surface area contributed by atoms with E-state index in [-0.39, 0.29) is 24.5 Å². The van der Waals surface area contributed by atoms with E-state index in [9.17, 15) is 14.7 Å². The van der Waals surface area contributed by atoms with Crippen LogP contribution in [0.25, 0.3) is 5.76 Å². The SMILES string of the molecule is COCCN1C(=O)C(=O)/C(=C(/O)c2ccc(OCc3ccccc3)cc2C)[C@@H]1c1ccncc1. The van der Waals surface area contributed by atoms with Gasteiger partial charge in [0, 0.05) is 31.6 Å². The van der Waals surface area contributed by atoms with Crippen LogP contribution in [-0.2, 0) is 20.9 Å². The van der Waals surface area contributed by atoms with Crippen LogP contribution in [0.15, 0.2) is 78.6 Å². The maximum Gasteiger partial charge on any atom is 0.295 e. The van der Waals surface area contributed by atoms with Gasteiger partial charge in [-0.2, -0.15) is 0 Å². The maximum atomic E-state index is 13.0. The number of Topliss-reactive ketones (excluding diaryl/α,β-unsaturated/α-hetero) is 1. The highest BCUT2D eigenvalue weighted by Gasteiger charge is 2.46. The number of aromatic nitrogens is 1. The van der Waals surface area contributed by atoms with Crippen molar-refractivity contribution in [3.05, 3.63) is 101 Å². The molecule has 1 aliphatic heterocycles. The molecule has 0 spiro atoms. The largest absolute Gasteiger partial charge is 0.507 e. The van der Waals surface area contributed by atoms with Crippen molar-refractivity contribution in [2.75, 3.05) is 20.3 Å². The first-order valence-corrected chi connectivity index (χ1v) is 11.0. The maximum absolute atomic E-state index is 13.0. The molecule has 7 nitrogen and oxygen atoms in total. The van der Waals surface area contributed by atoms with Crippen molar-refractivity contribution < 1.29 is 24.2 Å². The first kappa shape index (κ1) is 23.2. The minimum absolute atomic E-state index is 0.0494. The van der Waals surface area contributed by atoms with Gasteiger partial charge in [-0.3, -0.25) is 14.6 Å². The normalized spacial score (nSPS) is 17.2. The first-order chi connectivity index (χ1) is 16.5. The van der Waals surface area contributed by atoms with Gasteiger partial charge in [0.25, 0.3) is 11.7 Å². The molecule has 2 aromatic carbocycles. The number of hydrogen-bond acceptors (Lipinski definition) is 6. The monoisotopic (exact) mass is 458 g/mol. The summed E-state index contributed by atoms with van der Waals surface area (Å²) in [7, 11) is 1.53. The lowest BCUT2D eigenvalue weighted by Crippen LogP contribution is -2.32. The number of aliphatic hydroxyl groups excluding tert-OH is 1. The van der Waals surface area contributed by atoms with Gasteiger partial charge in [-0.15, -0.1) is 0 Å². The second-order valence-electron chi connectivity index (χ2n) is 8.02. The Morgan fingerprint density at radius 1 is 1.06 bits per heavy atom. The quantitative estimate of drug-likeness (QED) is 0.311. The number of carbonyl (C=O) groups is 2. The van der Waals surface area contributed by atoms with Crippen LogP contribution >= 0.6 is 0 Å². The lowest BCUT2D eigenvalue weighted by molar-refractivity contribution is -0.140. The third-order valence-corrected chi connectivity index (χ3v) is 5.80. The number of aryl methyl sites for hydroxylation is 1. The van der Waals surface area contributed by atoms with Gasteiger partial charge in [0.05, 0.1) is 18.2 Å². The molecule has 1 N–H and O–H groups in total. The first-order valence-electron chi connectivity index (χ1n) is 11.0. The van der Waals surface area contributed by atoms with Crippen LogP contribution in [0.3, 0.4) is 0 Å². The molecule has 0 unspecified atom stereocenters. The highest BCUT2D eigenvalue weighted by molar-refractivity contribution is 6.46. The van der Waals surface area contributed by atoms with Crippen LogP contribution in [0, 0.1) is 6.92 Å². The Kier molecular flexibility index (Phi) is 7.04. The zero-order chi connectivity index (χ0) is 24.1. The highest BCUT2D eigenvalue weighted by atomic mass is 16.5. The Labute approximate surface area is 198 Å². The predicted octanol–water partition coefficient (Wildman–Crippen LogP) is 4.04. The summed E-state index contributed by atoms with van der Waals surface area (Å²) in [4.78, 5) is 31.3. The molecule has 1 fully saturated rings. The molecule has 3 aromatic rings. The van der Waals surface area contributed by atoms with Crippen molar-refractivity contribution >= 4 is 17.4 Å². The van der Waals surface area contributed by atoms with Crippen molar-refractivity contribution in [1.29, 1.82) is 0 Å². The zero-order valence-corrected chi connectivity index (χ0v) is 19.1. The molecule has 0 bridgehead atoms. The standard InChI is InChI=1S/C27H26N2O5/c1-18-16-21(34-17-19-6-4-3-5-7-19)8-9-22(18)25(30)23-24(20-10-12-28-13-11-20)29(14-15-33-2)27(32)26(23)31/h3-13,16,24,30H,14-15,17H2,1-2H3/b25-23+/t24-/m0/s1. The topological polar surface area (TPSA) is 89.0 Å². The van der Waals surface area contributed by atoms with Gasteiger partial charge in [-0.05, 0) is 53.9 Å². The van der Waals surface area contributed by atoms with E-state index in [2.05, 4.69) is 4.98 Å². The lowest BCUT2D eigenvalue weighted by atomic mass is 9.94. The van der Waals surface area contributed by atoms with Crippen LogP contribution in [0.2, 0.25) is 0 Å². The molecule has 0 radical (unpaired) electrons. The van der Waals surface area contributed by atoms with Crippen LogP contribution in [0.1, 0.15) is 28.3 Å². The van der Waals surface area contributed by atoms with Crippen LogP contribution in [0.4, 0.5) is 0 Å². The number of rotatable bonds is 8. The zero-order valence-electron chi connectivity index (χ0n) is 19.1. The molecule has 0 aliphatic carbocycles. The van der Waals surface area contributed by atoms with Gasteiger partial charge in [0.15, 0.2) is 0 Å². The third-order valence-electron chi connectivity index (χ3n) is 5.80. The molecular formula is C27H26N2O5. The highest BCUT2D eigenvalue weighted by Crippen LogP contribution is 2.39. The molecule has 1 amide bonds. The smallest absolute Gasteiger partial charge is 0.295 e. The molecule has 1 aromatic heterocycles. The van der Waals surface area contributed by atoms with E-state index in [0.29, 0.717) is 23.5 Å². The van der Waals surface area contributed by atoms with Gasteiger partial charge in [0.2, 0.25) is 0 Å². The number of benzene rings is 2. The predicted molar refractivity (Wildman–Crippen MR) is 127 cm³/mol. The fourth-order valence-corrected chi connectivity index (χ4v) is 4.07. The molecule has 1 atom stereocenters. The molecule has 7 heteroatoms. The molecular weight excluding hydrogens is 432 g/mol. The molecule has 34 heavy (non-hydrogen) atoms. The molecule has 1 saturated heterocycles. The van der Waals surface area contributed by atoms with E-state index >= 15 is 0 Å². The van der Waals surface area contributed by atoms with E-state index in [1.807, 2.05) is 37.3 Å². The molecule has 0 saturated carbocycles. The van der Waals surface area contributed by atoms with Crippen molar-refractivity contribution in [2.45, 2.75) is 19.6 Å². The van der Waals surface area contributed by atoms with Gasteiger partial charge in [0.1, 0.15) is 18.1 Å². The van der Waals surface area contributed by atoms with Gasteiger partial charge < -0.3 is 19.5 Å². The number of ketones is 1. The number of pyridine rings is 1. The summed E-state index contributed by atoms with van der Waals surface area (Å²) < 4.78 is 11.0. The van der Waals surface area contributed by atoms with Gasteiger partial charge >= 0.3 is 0 Å². The van der Waals surface area contributed by atoms with E-state index in [0.717, 1.165) is 11.1 Å². The molecule has 2 heterocycles. The molecule has 4 rings (SSSR count). The minimum atomic E-state index is -0.730. The van der Waals surface area contributed by atoms with Crippen molar-refractivity contribution in [2.24, 2.45) is 0 Å². The number of amides is 1. The Bertz CT molecular complexity index is 1210. The average Bonchev–Trinajstić information content (AvgIpc) is 3.12. The summed E-state index contributed by atoms with van der Waals surface area (Å²) in [5.74, 6) is -0.962. The minimum Gasteiger partial charge on any atom is -0.507 e. The van der Waals surface area contributed by atoms with E-state index in [4.69, 9.17) is 9.47 Å². The number of nitrogens with zero attached hydrogens (tertiary/aromatic N) is 2. The summed E-state index contributed by atoms with van der Waals surface area (Å²) in [5, 5.41) is 11.3. The number of methoxy groups -OCH3 is 1. The Balaban J connectivity index is 1.68. The van der Waals surface area contributed by atoms with E-state index < -0.39 is 17.7 Å². The fraction of sp³-hybridized carbons (Fsp3) is 0.222. The van der Waals surface area contributed by atoms with Crippen LogP contribution in [-0.4, -0.2) is 46.9 Å². The van der Waals surface area contributed by atoms with Crippen molar-refractivity contribution in [3.8, 4) is 5.75 Å².